The van der Waals surface area contributed by atoms with Gasteiger partial charge >= 0.3 is 5.97 Å². The van der Waals surface area contributed by atoms with Crippen molar-refractivity contribution in [2.24, 2.45) is 0 Å². The van der Waals surface area contributed by atoms with Crippen LogP contribution in [0.25, 0.3) is 0 Å². The van der Waals surface area contributed by atoms with Crippen molar-refractivity contribution in [3.63, 3.8) is 0 Å². The van der Waals surface area contributed by atoms with E-state index in [4.69, 9.17) is 5.11 Å². The normalized spacial score (nSPS) is 21.0. The first-order valence-corrected chi connectivity index (χ1v) is 5.05. The van der Waals surface area contributed by atoms with E-state index in [1.165, 1.54) is 11.3 Å². The molecule has 1 heterocycles. The van der Waals surface area contributed by atoms with E-state index in [0.717, 1.165) is 18.4 Å². The molecule has 70 valence electrons. The van der Waals surface area contributed by atoms with Gasteiger partial charge in [0.2, 0.25) is 0 Å². The van der Waals surface area contributed by atoms with Gasteiger partial charge in [0.15, 0.2) is 6.10 Å². The van der Waals surface area contributed by atoms with Crippen LogP contribution < -0.4 is 0 Å². The minimum atomic E-state index is -1.25. The van der Waals surface area contributed by atoms with Crippen LogP contribution in [0.1, 0.15) is 18.4 Å². The van der Waals surface area contributed by atoms with Gasteiger partial charge < -0.3 is 10.2 Å². The van der Waals surface area contributed by atoms with E-state index in [9.17, 15) is 9.90 Å². The zero-order valence-corrected chi connectivity index (χ0v) is 7.75. The fraction of sp³-hybridized carbons (Fsp3) is 0.444. The highest BCUT2D eigenvalue weighted by atomic mass is 32.1. The third-order valence-electron chi connectivity index (χ3n) is 2.64. The van der Waals surface area contributed by atoms with Crippen molar-refractivity contribution in [1.82, 2.24) is 0 Å². The first-order chi connectivity index (χ1) is 6.17. The number of aliphatic carboxylic acids is 1. The highest BCUT2D eigenvalue weighted by Gasteiger charge is 2.53. The summed E-state index contributed by atoms with van der Waals surface area (Å²) in [5.74, 6) is -1.12. The molecule has 1 aromatic heterocycles. The predicted octanol–water partition coefficient (Wildman–Crippen LogP) is 1.23. The highest BCUT2D eigenvalue weighted by molar-refractivity contribution is 7.08. The largest absolute Gasteiger partial charge is 0.479 e. The molecule has 0 saturated heterocycles. The molecule has 0 radical (unpaired) electrons. The Bertz CT molecular complexity index is 314. The average molecular weight is 198 g/mol. The van der Waals surface area contributed by atoms with E-state index in [0.29, 0.717) is 0 Å². The van der Waals surface area contributed by atoms with E-state index in [-0.39, 0.29) is 0 Å². The molecule has 1 atom stereocenters. The predicted molar refractivity (Wildman–Crippen MR) is 48.9 cm³/mol. The fourth-order valence-corrected chi connectivity index (χ4v) is 2.40. The van der Waals surface area contributed by atoms with Crippen molar-refractivity contribution in [2.75, 3.05) is 0 Å². The second kappa shape index (κ2) is 2.82. The number of rotatable bonds is 3. The lowest BCUT2D eigenvalue weighted by atomic mass is 9.92. The second-order valence-electron chi connectivity index (χ2n) is 3.41. The fourth-order valence-electron chi connectivity index (χ4n) is 1.64. The molecule has 2 N–H and O–H groups in total. The van der Waals surface area contributed by atoms with Gasteiger partial charge in [-0.25, -0.2) is 4.79 Å². The maximum absolute atomic E-state index is 10.6. The summed E-state index contributed by atoms with van der Waals surface area (Å²) in [5.41, 5.74) is 0.485. The van der Waals surface area contributed by atoms with Crippen LogP contribution in [-0.2, 0) is 10.2 Å². The van der Waals surface area contributed by atoms with Crippen LogP contribution in [0, 0.1) is 0 Å². The molecule has 1 unspecified atom stereocenters. The lowest BCUT2D eigenvalue weighted by Gasteiger charge is -2.16. The van der Waals surface area contributed by atoms with Crippen LogP contribution in [0.2, 0.25) is 0 Å². The first kappa shape index (κ1) is 8.72. The Hall–Kier alpha value is -0.870. The molecule has 0 bridgehead atoms. The maximum atomic E-state index is 10.6. The molecule has 1 aromatic rings. The summed E-state index contributed by atoms with van der Waals surface area (Å²) in [6.45, 7) is 0. The smallest absolute Gasteiger partial charge is 0.333 e. The Kier molecular flexibility index (Phi) is 1.89. The summed E-state index contributed by atoms with van der Waals surface area (Å²) in [6.07, 6.45) is 0.302. The minimum absolute atomic E-state index is 0.480. The van der Waals surface area contributed by atoms with Gasteiger partial charge in [-0.2, -0.15) is 11.3 Å². The van der Waals surface area contributed by atoms with Crippen LogP contribution in [0.3, 0.4) is 0 Å². The first-order valence-electron chi connectivity index (χ1n) is 4.10. The molecular formula is C9H10O3S. The molecule has 0 amide bonds. The summed E-state index contributed by atoms with van der Waals surface area (Å²) in [7, 11) is 0. The third kappa shape index (κ3) is 1.26. The Morgan fingerprint density at radius 1 is 1.62 bits per heavy atom. The zero-order chi connectivity index (χ0) is 9.47. The van der Waals surface area contributed by atoms with E-state index >= 15 is 0 Å². The van der Waals surface area contributed by atoms with Crippen LogP contribution in [0.15, 0.2) is 16.8 Å². The van der Waals surface area contributed by atoms with Crippen molar-refractivity contribution in [3.8, 4) is 0 Å². The topological polar surface area (TPSA) is 57.5 Å². The van der Waals surface area contributed by atoms with Crippen LogP contribution in [0.5, 0.6) is 0 Å². The molecule has 3 nitrogen and oxygen atoms in total. The highest BCUT2D eigenvalue weighted by Crippen LogP contribution is 2.51. The molecule has 1 saturated carbocycles. The molecule has 0 aliphatic heterocycles. The second-order valence-corrected chi connectivity index (χ2v) is 4.19. The number of aliphatic hydroxyl groups is 1. The molecule has 4 heteroatoms. The Morgan fingerprint density at radius 2 is 2.31 bits per heavy atom. The van der Waals surface area contributed by atoms with Crippen molar-refractivity contribution < 1.29 is 15.0 Å². The Morgan fingerprint density at radius 3 is 2.69 bits per heavy atom. The molecule has 13 heavy (non-hydrogen) atoms. The summed E-state index contributed by atoms with van der Waals surface area (Å²) >= 11 is 1.53. The number of carboxylic acid groups (broad SMARTS) is 1. The molecule has 1 aliphatic carbocycles. The molecule has 1 fully saturated rings. The standard InChI is InChI=1S/C9H10O3S/c10-7(8(11)12)9(2-3-9)6-1-4-13-5-6/h1,4-5,7,10H,2-3H2,(H,11,12). The van der Waals surface area contributed by atoms with Crippen molar-refractivity contribution >= 4 is 17.3 Å². The number of carbonyl (C=O) groups is 1. The van der Waals surface area contributed by atoms with E-state index in [2.05, 4.69) is 0 Å². The number of hydrogen-bond donors (Lipinski definition) is 2. The summed E-state index contributed by atoms with van der Waals surface area (Å²) in [4.78, 5) is 10.6. The van der Waals surface area contributed by atoms with Crippen LogP contribution >= 0.6 is 11.3 Å². The quantitative estimate of drug-likeness (QED) is 0.768. The van der Waals surface area contributed by atoms with Crippen molar-refractivity contribution in [2.45, 2.75) is 24.4 Å². The van der Waals surface area contributed by atoms with Crippen LogP contribution in [0.4, 0.5) is 0 Å². The van der Waals surface area contributed by atoms with Crippen molar-refractivity contribution in [3.05, 3.63) is 22.4 Å². The molecule has 0 aromatic carbocycles. The minimum Gasteiger partial charge on any atom is -0.479 e. The van der Waals surface area contributed by atoms with Crippen molar-refractivity contribution in [1.29, 1.82) is 0 Å². The molecule has 0 spiro atoms. The summed E-state index contributed by atoms with van der Waals surface area (Å²) < 4.78 is 0. The van der Waals surface area contributed by atoms with E-state index in [1.54, 1.807) is 0 Å². The molecule has 1 aliphatic rings. The number of thiophene rings is 1. The zero-order valence-electron chi connectivity index (χ0n) is 6.93. The summed E-state index contributed by atoms with van der Waals surface area (Å²) in [5, 5.41) is 22.0. The van der Waals surface area contributed by atoms with Gasteiger partial charge in [-0.3, -0.25) is 0 Å². The monoisotopic (exact) mass is 198 g/mol. The lowest BCUT2D eigenvalue weighted by molar-refractivity contribution is -0.148. The van der Waals surface area contributed by atoms with Gasteiger partial charge in [0, 0.05) is 5.41 Å². The van der Waals surface area contributed by atoms with Gasteiger partial charge in [-0.05, 0) is 35.2 Å². The van der Waals surface area contributed by atoms with E-state index in [1.807, 2.05) is 16.8 Å². The Balaban J connectivity index is 2.27. The maximum Gasteiger partial charge on any atom is 0.333 e. The molecule has 2 rings (SSSR count). The Labute approximate surface area is 79.6 Å². The van der Waals surface area contributed by atoms with Gasteiger partial charge in [-0.1, -0.05) is 0 Å². The van der Waals surface area contributed by atoms with Gasteiger partial charge in [0.1, 0.15) is 0 Å². The number of carboxylic acids is 1. The number of aliphatic hydroxyl groups excluding tert-OH is 1. The van der Waals surface area contributed by atoms with Crippen LogP contribution in [-0.4, -0.2) is 22.3 Å². The van der Waals surface area contributed by atoms with Gasteiger partial charge in [-0.15, -0.1) is 0 Å². The van der Waals surface area contributed by atoms with Gasteiger partial charge in [0.25, 0.3) is 0 Å². The third-order valence-corrected chi connectivity index (χ3v) is 3.33. The summed E-state index contributed by atoms with van der Waals surface area (Å²) in [6, 6.07) is 1.89. The van der Waals surface area contributed by atoms with Gasteiger partial charge in [0.05, 0.1) is 0 Å². The molecular weight excluding hydrogens is 188 g/mol. The number of hydrogen-bond acceptors (Lipinski definition) is 3. The van der Waals surface area contributed by atoms with E-state index < -0.39 is 17.5 Å². The SMILES string of the molecule is O=C(O)C(O)C1(c2ccsc2)CC1. The lowest BCUT2D eigenvalue weighted by Crippen LogP contribution is -2.33. The average Bonchev–Trinajstić information content (AvgIpc) is 2.72.